The normalized spacial score (nSPS) is 14.5. The molecule has 3 rings (SSSR count). The molecule has 0 saturated carbocycles. The molecule has 2 aromatic carbocycles. The van der Waals surface area contributed by atoms with E-state index in [4.69, 9.17) is 12.2 Å². The summed E-state index contributed by atoms with van der Waals surface area (Å²) < 4.78 is 0. The van der Waals surface area contributed by atoms with Gasteiger partial charge in [0.1, 0.15) is 0 Å². The number of para-hydroxylation sites is 3. The highest BCUT2D eigenvalue weighted by molar-refractivity contribution is 7.80. The van der Waals surface area contributed by atoms with Crippen LogP contribution in [0.5, 0.6) is 0 Å². The van der Waals surface area contributed by atoms with E-state index in [9.17, 15) is 0 Å². The van der Waals surface area contributed by atoms with Crippen LogP contribution < -0.4 is 15.5 Å². The van der Waals surface area contributed by atoms with Crippen LogP contribution in [0.1, 0.15) is 19.3 Å². The predicted molar refractivity (Wildman–Crippen MR) is 98.8 cm³/mol. The molecule has 0 radical (unpaired) electrons. The van der Waals surface area contributed by atoms with Crippen molar-refractivity contribution in [2.75, 3.05) is 28.6 Å². The van der Waals surface area contributed by atoms with Crippen LogP contribution in [-0.2, 0) is 0 Å². The predicted octanol–water partition coefficient (Wildman–Crippen LogP) is 4.49. The third kappa shape index (κ3) is 3.77. The Kier molecular flexibility index (Phi) is 4.91. The molecule has 4 heteroatoms. The minimum Gasteiger partial charge on any atom is -0.370 e. The van der Waals surface area contributed by atoms with E-state index in [0.29, 0.717) is 5.11 Å². The molecule has 2 N–H and O–H groups in total. The van der Waals surface area contributed by atoms with Gasteiger partial charge in [-0.3, -0.25) is 0 Å². The Hall–Kier alpha value is -2.07. The SMILES string of the molecule is S=C(Nc1ccccc1)Nc1ccccc1N1CCCCC1. The number of benzene rings is 2. The number of piperidine rings is 1. The van der Waals surface area contributed by atoms with E-state index < -0.39 is 0 Å². The monoisotopic (exact) mass is 311 g/mol. The molecule has 0 unspecified atom stereocenters. The lowest BCUT2D eigenvalue weighted by Crippen LogP contribution is -2.30. The van der Waals surface area contributed by atoms with E-state index >= 15 is 0 Å². The van der Waals surface area contributed by atoms with E-state index in [1.165, 1.54) is 24.9 Å². The van der Waals surface area contributed by atoms with Gasteiger partial charge in [-0.1, -0.05) is 30.3 Å². The van der Waals surface area contributed by atoms with E-state index in [2.05, 4.69) is 33.7 Å². The minimum absolute atomic E-state index is 0.621. The zero-order valence-corrected chi connectivity index (χ0v) is 13.4. The zero-order valence-electron chi connectivity index (χ0n) is 12.6. The van der Waals surface area contributed by atoms with Crippen LogP contribution in [0.3, 0.4) is 0 Å². The van der Waals surface area contributed by atoms with Crippen molar-refractivity contribution in [2.45, 2.75) is 19.3 Å². The Morgan fingerprint density at radius 3 is 2.27 bits per heavy atom. The van der Waals surface area contributed by atoms with Gasteiger partial charge in [-0.25, -0.2) is 0 Å². The first-order valence-electron chi connectivity index (χ1n) is 7.80. The molecular weight excluding hydrogens is 290 g/mol. The second kappa shape index (κ2) is 7.27. The van der Waals surface area contributed by atoms with Crippen molar-refractivity contribution in [3.05, 3.63) is 54.6 Å². The smallest absolute Gasteiger partial charge is 0.175 e. The van der Waals surface area contributed by atoms with Crippen LogP contribution in [0.25, 0.3) is 0 Å². The van der Waals surface area contributed by atoms with E-state index in [1.54, 1.807) is 0 Å². The maximum Gasteiger partial charge on any atom is 0.175 e. The summed E-state index contributed by atoms with van der Waals surface area (Å²) in [6.07, 6.45) is 3.86. The summed E-state index contributed by atoms with van der Waals surface area (Å²) >= 11 is 5.44. The van der Waals surface area contributed by atoms with Crippen LogP contribution in [0.2, 0.25) is 0 Å². The molecule has 0 aromatic heterocycles. The van der Waals surface area contributed by atoms with Crippen molar-refractivity contribution in [1.29, 1.82) is 0 Å². The zero-order chi connectivity index (χ0) is 15.2. The number of thiocarbonyl (C=S) groups is 1. The molecule has 22 heavy (non-hydrogen) atoms. The van der Waals surface area contributed by atoms with E-state index in [1.807, 2.05) is 36.4 Å². The molecule has 1 heterocycles. The van der Waals surface area contributed by atoms with Crippen LogP contribution in [0.4, 0.5) is 17.1 Å². The van der Waals surface area contributed by atoms with Gasteiger partial charge in [0.15, 0.2) is 5.11 Å². The highest BCUT2D eigenvalue weighted by Gasteiger charge is 2.14. The molecule has 0 spiro atoms. The van der Waals surface area contributed by atoms with Gasteiger partial charge >= 0.3 is 0 Å². The number of rotatable bonds is 3. The molecule has 1 fully saturated rings. The molecule has 1 aliphatic rings. The fourth-order valence-corrected chi connectivity index (χ4v) is 3.02. The van der Waals surface area contributed by atoms with Crippen molar-refractivity contribution in [1.82, 2.24) is 0 Å². The molecule has 2 aromatic rings. The number of hydrogen-bond acceptors (Lipinski definition) is 2. The second-order valence-electron chi connectivity index (χ2n) is 5.51. The summed E-state index contributed by atoms with van der Waals surface area (Å²) in [5.41, 5.74) is 3.30. The lowest BCUT2D eigenvalue weighted by atomic mass is 10.1. The summed E-state index contributed by atoms with van der Waals surface area (Å²) in [5.74, 6) is 0. The Morgan fingerprint density at radius 2 is 1.50 bits per heavy atom. The average Bonchev–Trinajstić information content (AvgIpc) is 2.57. The summed E-state index contributed by atoms with van der Waals surface area (Å²) in [6.45, 7) is 2.25. The van der Waals surface area contributed by atoms with Gasteiger partial charge in [-0.05, 0) is 55.7 Å². The Balaban J connectivity index is 1.70. The highest BCUT2D eigenvalue weighted by Crippen LogP contribution is 2.28. The molecule has 0 aliphatic carbocycles. The number of hydrogen-bond donors (Lipinski definition) is 2. The minimum atomic E-state index is 0.621. The molecule has 0 atom stereocenters. The summed E-state index contributed by atoms with van der Waals surface area (Å²) in [5, 5.41) is 7.18. The first kappa shape index (κ1) is 14.9. The van der Waals surface area contributed by atoms with E-state index in [-0.39, 0.29) is 0 Å². The molecule has 0 bridgehead atoms. The Morgan fingerprint density at radius 1 is 0.818 bits per heavy atom. The Bertz CT molecular complexity index is 621. The molecule has 114 valence electrons. The molecule has 3 nitrogen and oxygen atoms in total. The van der Waals surface area contributed by atoms with Crippen molar-refractivity contribution in [3.63, 3.8) is 0 Å². The summed E-state index contributed by atoms with van der Waals surface area (Å²) in [7, 11) is 0. The van der Waals surface area contributed by atoms with Crippen molar-refractivity contribution in [2.24, 2.45) is 0 Å². The lowest BCUT2D eigenvalue weighted by Gasteiger charge is -2.30. The largest absolute Gasteiger partial charge is 0.370 e. The van der Waals surface area contributed by atoms with Crippen LogP contribution in [-0.4, -0.2) is 18.2 Å². The van der Waals surface area contributed by atoms with Gasteiger partial charge in [0.2, 0.25) is 0 Å². The Labute approximate surface area is 137 Å². The fraction of sp³-hybridized carbons (Fsp3) is 0.278. The maximum absolute atomic E-state index is 5.44. The fourth-order valence-electron chi connectivity index (χ4n) is 2.80. The topological polar surface area (TPSA) is 27.3 Å². The van der Waals surface area contributed by atoms with Crippen LogP contribution >= 0.6 is 12.2 Å². The molecule has 1 aliphatic heterocycles. The van der Waals surface area contributed by atoms with Gasteiger partial charge in [0.25, 0.3) is 0 Å². The van der Waals surface area contributed by atoms with Crippen molar-refractivity contribution in [3.8, 4) is 0 Å². The first-order valence-corrected chi connectivity index (χ1v) is 8.21. The second-order valence-corrected chi connectivity index (χ2v) is 5.92. The van der Waals surface area contributed by atoms with Crippen LogP contribution in [0, 0.1) is 0 Å². The number of nitrogens with zero attached hydrogens (tertiary/aromatic N) is 1. The van der Waals surface area contributed by atoms with Gasteiger partial charge in [-0.2, -0.15) is 0 Å². The first-order chi connectivity index (χ1) is 10.8. The molecule has 0 amide bonds. The van der Waals surface area contributed by atoms with Gasteiger partial charge < -0.3 is 15.5 Å². The van der Waals surface area contributed by atoms with Gasteiger partial charge in [-0.15, -0.1) is 0 Å². The van der Waals surface area contributed by atoms with Crippen molar-refractivity contribution >= 4 is 34.4 Å². The maximum atomic E-state index is 5.44. The van der Waals surface area contributed by atoms with Gasteiger partial charge in [0.05, 0.1) is 11.4 Å². The van der Waals surface area contributed by atoms with E-state index in [0.717, 1.165) is 24.5 Å². The average molecular weight is 311 g/mol. The third-order valence-corrected chi connectivity index (χ3v) is 4.08. The number of nitrogens with one attached hydrogen (secondary N) is 2. The third-order valence-electron chi connectivity index (χ3n) is 3.88. The summed E-state index contributed by atoms with van der Waals surface area (Å²) in [6, 6.07) is 18.4. The van der Waals surface area contributed by atoms with Gasteiger partial charge in [0, 0.05) is 18.8 Å². The number of anilines is 3. The highest BCUT2D eigenvalue weighted by atomic mass is 32.1. The van der Waals surface area contributed by atoms with Crippen molar-refractivity contribution < 1.29 is 0 Å². The lowest BCUT2D eigenvalue weighted by molar-refractivity contribution is 0.578. The summed E-state index contributed by atoms with van der Waals surface area (Å²) in [4.78, 5) is 2.44. The standard InChI is InChI=1S/C18H21N3S/c22-18(19-15-9-3-1-4-10-15)20-16-11-5-6-12-17(16)21-13-7-2-8-14-21/h1,3-6,9-12H,2,7-8,13-14H2,(H2,19,20,22). The molecule has 1 saturated heterocycles. The molecular formula is C18H21N3S. The van der Waals surface area contributed by atoms with Crippen LogP contribution in [0.15, 0.2) is 54.6 Å². The quantitative estimate of drug-likeness (QED) is 0.817.